The Bertz CT molecular complexity index is 1050. The Balaban J connectivity index is 3.59. The molecule has 0 bridgehead atoms. The normalized spacial score (nSPS) is 17.1. The van der Waals surface area contributed by atoms with E-state index in [4.69, 9.17) is 4.74 Å². The van der Waals surface area contributed by atoms with Gasteiger partial charge in [0, 0.05) is 0 Å². The molecule has 0 spiro atoms. The van der Waals surface area contributed by atoms with E-state index in [9.17, 15) is 79.7 Å². The summed E-state index contributed by atoms with van der Waals surface area (Å²) >= 11 is 0. The first kappa shape index (κ1) is 35.8. The van der Waals surface area contributed by atoms with Crippen molar-refractivity contribution in [1.82, 2.24) is 0 Å². The predicted molar refractivity (Wildman–Crippen MR) is 102 cm³/mol. The molecule has 0 saturated carbocycles. The number of hydrogen-bond donors (Lipinski definition) is 1. The first-order valence-corrected chi connectivity index (χ1v) is 10.4. The van der Waals surface area contributed by atoms with Gasteiger partial charge in [0.1, 0.15) is 11.4 Å². The summed E-state index contributed by atoms with van der Waals surface area (Å²) in [4.78, 5) is 0. The summed E-state index contributed by atoms with van der Waals surface area (Å²) in [6, 6.07) is 3.49. The van der Waals surface area contributed by atoms with Crippen LogP contribution in [0.15, 0.2) is 24.3 Å². The highest BCUT2D eigenvalue weighted by molar-refractivity contribution is 5.33. The molecule has 0 saturated heterocycles. The minimum Gasteiger partial charge on any atom is -0.488 e. The number of alkyl halides is 17. The lowest BCUT2D eigenvalue weighted by molar-refractivity contribution is -0.462. The Labute approximate surface area is 214 Å². The lowest BCUT2D eigenvalue weighted by Gasteiger charge is -2.43. The van der Waals surface area contributed by atoms with Crippen LogP contribution < -0.4 is 4.74 Å². The van der Waals surface area contributed by atoms with Crippen LogP contribution in [-0.2, 0) is 5.60 Å². The fourth-order valence-electron chi connectivity index (χ4n) is 3.09. The summed E-state index contributed by atoms with van der Waals surface area (Å²) in [5.41, 5.74) is -5.24. The highest BCUT2D eigenvalue weighted by atomic mass is 19.4. The molecule has 1 rings (SSSR count). The van der Waals surface area contributed by atoms with Gasteiger partial charge in [-0.1, -0.05) is 12.1 Å². The zero-order valence-corrected chi connectivity index (χ0v) is 20.3. The molecule has 0 aliphatic rings. The largest absolute Gasteiger partial charge is 0.488 e. The van der Waals surface area contributed by atoms with Gasteiger partial charge in [-0.2, -0.15) is 74.6 Å². The molecule has 234 valence electrons. The number of benzene rings is 1. The van der Waals surface area contributed by atoms with E-state index < -0.39 is 70.8 Å². The number of ether oxygens (including phenoxy) is 1. The average molecular weight is 626 g/mol. The number of rotatable bonds is 10. The maximum Gasteiger partial charge on any atom is 0.460 e. The number of aliphatic hydroxyl groups is 1. The summed E-state index contributed by atoms with van der Waals surface area (Å²) in [6.45, 7) is 4.60. The summed E-state index contributed by atoms with van der Waals surface area (Å²) in [6.07, 6.45) is -10.8. The van der Waals surface area contributed by atoms with Crippen LogP contribution in [0.5, 0.6) is 5.75 Å². The van der Waals surface area contributed by atoms with Gasteiger partial charge >= 0.3 is 47.6 Å². The van der Waals surface area contributed by atoms with Crippen molar-refractivity contribution in [3.8, 4) is 5.75 Å². The minimum absolute atomic E-state index is 0.232. The van der Waals surface area contributed by atoms with Gasteiger partial charge in [0.2, 0.25) is 0 Å². The average Bonchev–Trinajstić information content (AvgIpc) is 2.70. The lowest BCUT2D eigenvalue weighted by atomic mass is 9.83. The standard InChI is InChI=1S/C21H19F17O2/c1-12(2,3)40-11-7-5-6-10(8-11)13(4,39)9-14(22,23)15(24,25)16(26,27)17(28,29)18(30,31)19(32,33)20(34,35)21(36,37)38/h5-8,39H,9H2,1-4H3. The van der Waals surface area contributed by atoms with Crippen LogP contribution in [0.2, 0.25) is 0 Å². The van der Waals surface area contributed by atoms with Gasteiger partial charge in [-0.05, 0) is 45.4 Å². The molecule has 1 aromatic carbocycles. The van der Waals surface area contributed by atoms with Gasteiger partial charge in [0.05, 0.1) is 12.0 Å². The summed E-state index contributed by atoms with van der Waals surface area (Å²) in [5, 5.41) is 10.3. The summed E-state index contributed by atoms with van der Waals surface area (Å²) in [7, 11) is 0. The van der Waals surface area contributed by atoms with Gasteiger partial charge in [0.15, 0.2) is 0 Å². The molecule has 0 amide bonds. The van der Waals surface area contributed by atoms with Crippen molar-refractivity contribution >= 4 is 0 Å². The highest BCUT2D eigenvalue weighted by Crippen LogP contribution is 2.64. The number of halogens is 17. The van der Waals surface area contributed by atoms with Crippen molar-refractivity contribution in [2.45, 2.75) is 93.0 Å². The zero-order valence-electron chi connectivity index (χ0n) is 20.3. The first-order chi connectivity index (χ1) is 17.1. The van der Waals surface area contributed by atoms with Crippen LogP contribution in [-0.4, -0.2) is 58.3 Å². The Hall–Kier alpha value is -2.21. The van der Waals surface area contributed by atoms with Crippen LogP contribution in [0.3, 0.4) is 0 Å². The molecule has 0 aliphatic carbocycles. The van der Waals surface area contributed by atoms with E-state index in [2.05, 4.69) is 0 Å². The van der Waals surface area contributed by atoms with Gasteiger partial charge in [0.25, 0.3) is 0 Å². The Morgan fingerprint density at radius 2 is 0.950 bits per heavy atom. The molecule has 19 heteroatoms. The minimum atomic E-state index is -8.71. The van der Waals surface area contributed by atoms with Crippen molar-refractivity contribution in [2.24, 2.45) is 0 Å². The molecule has 1 N–H and O–H groups in total. The second kappa shape index (κ2) is 9.68. The third-order valence-electron chi connectivity index (χ3n) is 5.23. The lowest BCUT2D eigenvalue weighted by Crippen LogP contribution is -2.74. The zero-order chi connectivity index (χ0) is 32.4. The van der Waals surface area contributed by atoms with Gasteiger partial charge in [-0.15, -0.1) is 0 Å². The maximum absolute atomic E-state index is 14.4. The predicted octanol–water partition coefficient (Wildman–Crippen LogP) is 8.47. The molecular weight excluding hydrogens is 607 g/mol. The van der Waals surface area contributed by atoms with Gasteiger partial charge in [-0.3, -0.25) is 0 Å². The Kier molecular flexibility index (Phi) is 8.66. The molecule has 1 aromatic rings. The monoisotopic (exact) mass is 626 g/mol. The van der Waals surface area contributed by atoms with Crippen molar-refractivity contribution in [1.29, 1.82) is 0 Å². The number of hydrogen-bond acceptors (Lipinski definition) is 2. The van der Waals surface area contributed by atoms with E-state index in [1.807, 2.05) is 0 Å². The molecule has 0 fully saturated rings. The quantitative estimate of drug-likeness (QED) is 0.264. The summed E-state index contributed by atoms with van der Waals surface area (Å²) < 4.78 is 234. The van der Waals surface area contributed by atoms with Crippen molar-refractivity contribution in [3.63, 3.8) is 0 Å². The van der Waals surface area contributed by atoms with E-state index >= 15 is 0 Å². The molecule has 0 aromatic heterocycles. The van der Waals surface area contributed by atoms with Gasteiger partial charge in [-0.25, -0.2) is 0 Å². The van der Waals surface area contributed by atoms with Crippen molar-refractivity contribution in [3.05, 3.63) is 29.8 Å². The molecule has 40 heavy (non-hydrogen) atoms. The van der Waals surface area contributed by atoms with Crippen LogP contribution in [0.1, 0.15) is 39.7 Å². The molecular formula is C21H19F17O2. The Morgan fingerprint density at radius 3 is 1.32 bits per heavy atom. The van der Waals surface area contributed by atoms with Crippen LogP contribution in [0.4, 0.5) is 74.6 Å². The van der Waals surface area contributed by atoms with Crippen LogP contribution in [0.25, 0.3) is 0 Å². The second-order valence-electron chi connectivity index (χ2n) is 9.84. The van der Waals surface area contributed by atoms with E-state index in [-0.39, 0.29) is 12.7 Å². The van der Waals surface area contributed by atoms with E-state index in [1.165, 1.54) is 20.8 Å². The Morgan fingerprint density at radius 1 is 0.575 bits per heavy atom. The molecule has 0 heterocycles. The van der Waals surface area contributed by atoms with Crippen molar-refractivity contribution in [2.75, 3.05) is 0 Å². The molecule has 0 aliphatic heterocycles. The fraction of sp³-hybridized carbons (Fsp3) is 0.714. The topological polar surface area (TPSA) is 29.5 Å². The highest BCUT2D eigenvalue weighted by Gasteiger charge is 2.95. The molecule has 1 unspecified atom stereocenters. The van der Waals surface area contributed by atoms with Crippen molar-refractivity contribution < 1.29 is 84.5 Å². The van der Waals surface area contributed by atoms with Crippen LogP contribution >= 0.6 is 0 Å². The molecule has 0 radical (unpaired) electrons. The molecule has 2 nitrogen and oxygen atoms in total. The van der Waals surface area contributed by atoms with Crippen LogP contribution in [0, 0.1) is 0 Å². The first-order valence-electron chi connectivity index (χ1n) is 10.4. The molecule has 1 atom stereocenters. The maximum atomic E-state index is 14.4. The fourth-order valence-corrected chi connectivity index (χ4v) is 3.09. The SMILES string of the molecule is CC(C)(C)Oc1cccc(C(C)(O)CC(F)(F)C(F)(F)C(F)(F)C(F)(F)C(F)(F)C(F)(F)C(F)(F)C(F)(F)F)c1. The third kappa shape index (κ3) is 5.62. The third-order valence-corrected chi connectivity index (χ3v) is 5.23. The van der Waals surface area contributed by atoms with E-state index in [1.54, 1.807) is 0 Å². The summed E-state index contributed by atoms with van der Waals surface area (Å²) in [5.74, 6) is -57.4. The second-order valence-corrected chi connectivity index (χ2v) is 9.84. The van der Waals surface area contributed by atoms with E-state index in [0.717, 1.165) is 12.1 Å². The van der Waals surface area contributed by atoms with Gasteiger partial charge < -0.3 is 9.84 Å². The van der Waals surface area contributed by atoms with E-state index in [0.29, 0.717) is 12.1 Å². The smallest absolute Gasteiger partial charge is 0.460 e.